The van der Waals surface area contributed by atoms with E-state index in [-0.39, 0.29) is 5.97 Å². The molecule has 3 nitrogen and oxygen atoms in total. The van der Waals surface area contributed by atoms with E-state index in [4.69, 9.17) is 9.47 Å². The molecule has 0 unspecified atom stereocenters. The van der Waals surface area contributed by atoms with Crippen LogP contribution in [0, 0.1) is 0 Å². The molecular weight excluding hydrogens is 240 g/mol. The normalized spacial score (nSPS) is 18.5. The molecule has 0 heterocycles. The molecule has 0 atom stereocenters. The molecule has 0 aromatic rings. The quantitative estimate of drug-likeness (QED) is 0.416. The van der Waals surface area contributed by atoms with E-state index in [9.17, 15) is 4.79 Å². The van der Waals surface area contributed by atoms with Gasteiger partial charge in [-0.25, -0.2) is 4.79 Å². The average molecular weight is 262 g/mol. The lowest BCUT2D eigenvalue weighted by Gasteiger charge is -2.11. The van der Waals surface area contributed by atoms with Gasteiger partial charge < -0.3 is 9.47 Å². The number of hydrogen-bond donors (Lipinski definition) is 0. The molecule has 0 fully saturated rings. The number of allylic oxidation sites excluding steroid dienone is 4. The van der Waals surface area contributed by atoms with Crippen LogP contribution >= 0.6 is 0 Å². The summed E-state index contributed by atoms with van der Waals surface area (Å²) in [4.78, 5) is 11.2. The summed E-state index contributed by atoms with van der Waals surface area (Å²) in [5, 5.41) is 0. The second-order valence-corrected chi connectivity index (χ2v) is 5.14. The molecule has 0 radical (unpaired) electrons. The third-order valence-corrected chi connectivity index (χ3v) is 3.54. The number of hydrogen-bond acceptors (Lipinski definition) is 3. The van der Waals surface area contributed by atoms with Crippen LogP contribution in [0.4, 0.5) is 0 Å². The van der Waals surface area contributed by atoms with Gasteiger partial charge in [-0.3, -0.25) is 0 Å². The van der Waals surface area contributed by atoms with Gasteiger partial charge in [0.2, 0.25) is 0 Å². The van der Waals surface area contributed by atoms with Gasteiger partial charge in [-0.1, -0.05) is 12.7 Å². The van der Waals surface area contributed by atoms with Crippen LogP contribution in [0.1, 0.15) is 45.4 Å². The van der Waals surface area contributed by atoms with Gasteiger partial charge in [-0.15, -0.1) is 0 Å². The molecule has 0 bridgehead atoms. The molecule has 2 aliphatic carbocycles. The van der Waals surface area contributed by atoms with Gasteiger partial charge in [0.25, 0.3) is 0 Å². The number of carbonyl (C=O) groups excluding carboxylic acids is 1. The molecule has 0 aliphatic heterocycles. The fourth-order valence-corrected chi connectivity index (χ4v) is 2.58. The third-order valence-electron chi connectivity index (χ3n) is 3.54. The minimum Gasteiger partial charge on any atom is -0.494 e. The lowest BCUT2D eigenvalue weighted by molar-refractivity contribution is -0.140. The van der Waals surface area contributed by atoms with Crippen LogP contribution < -0.4 is 0 Å². The van der Waals surface area contributed by atoms with Gasteiger partial charge in [-0.05, 0) is 50.2 Å². The van der Waals surface area contributed by atoms with Crippen LogP contribution in [0.2, 0.25) is 0 Å². The predicted octanol–water partition coefficient (Wildman–Crippen LogP) is 3.67. The molecule has 0 aromatic carbocycles. The summed E-state index contributed by atoms with van der Waals surface area (Å²) >= 11 is 0. The monoisotopic (exact) mass is 262 g/mol. The molecule has 0 N–H and O–H groups in total. The van der Waals surface area contributed by atoms with E-state index in [0.717, 1.165) is 18.6 Å². The molecular formula is C16H22O3. The van der Waals surface area contributed by atoms with Gasteiger partial charge in [0.05, 0.1) is 5.76 Å². The Bertz CT molecular complexity index is 429. The van der Waals surface area contributed by atoms with Gasteiger partial charge in [0, 0.05) is 12.0 Å². The first-order valence-corrected chi connectivity index (χ1v) is 7.05. The predicted molar refractivity (Wildman–Crippen MR) is 74.5 cm³/mol. The van der Waals surface area contributed by atoms with E-state index >= 15 is 0 Å². The molecule has 0 aromatic heterocycles. The fraction of sp³-hybridized carbons (Fsp3) is 0.562. The Morgan fingerprint density at radius 2 is 2.11 bits per heavy atom. The Morgan fingerprint density at radius 3 is 2.79 bits per heavy atom. The van der Waals surface area contributed by atoms with Gasteiger partial charge >= 0.3 is 5.97 Å². The van der Waals surface area contributed by atoms with Crippen molar-refractivity contribution in [3.05, 3.63) is 35.1 Å². The van der Waals surface area contributed by atoms with E-state index in [1.165, 1.54) is 36.8 Å². The zero-order valence-corrected chi connectivity index (χ0v) is 11.7. The molecule has 0 saturated heterocycles. The van der Waals surface area contributed by atoms with Crippen molar-refractivity contribution in [1.82, 2.24) is 0 Å². The summed E-state index contributed by atoms with van der Waals surface area (Å²) in [6, 6.07) is 0. The van der Waals surface area contributed by atoms with Crippen molar-refractivity contribution in [2.24, 2.45) is 0 Å². The summed E-state index contributed by atoms with van der Waals surface area (Å²) in [5.74, 6) is 0.766. The van der Waals surface area contributed by atoms with Gasteiger partial charge in [0.15, 0.2) is 0 Å². The number of ether oxygens (including phenoxy) is 2. The smallest absolute Gasteiger partial charge is 0.333 e. The summed E-state index contributed by atoms with van der Waals surface area (Å²) in [7, 11) is 0. The fourth-order valence-electron chi connectivity index (χ4n) is 2.58. The van der Waals surface area contributed by atoms with Crippen molar-refractivity contribution in [2.45, 2.75) is 45.4 Å². The van der Waals surface area contributed by atoms with Gasteiger partial charge in [-0.2, -0.15) is 0 Å². The van der Waals surface area contributed by atoms with Crippen LogP contribution in [0.5, 0.6) is 0 Å². The molecule has 3 heteroatoms. The van der Waals surface area contributed by atoms with Crippen molar-refractivity contribution in [3.8, 4) is 0 Å². The summed E-state index contributed by atoms with van der Waals surface area (Å²) in [6.45, 7) is 5.92. The highest BCUT2D eigenvalue weighted by Gasteiger charge is 2.20. The topological polar surface area (TPSA) is 35.5 Å². The van der Waals surface area contributed by atoms with Crippen LogP contribution in [-0.2, 0) is 14.3 Å². The highest BCUT2D eigenvalue weighted by atomic mass is 16.6. The van der Waals surface area contributed by atoms with Crippen LogP contribution in [0.25, 0.3) is 0 Å². The maximum absolute atomic E-state index is 11.2. The lowest BCUT2D eigenvalue weighted by atomic mass is 10.1. The second-order valence-electron chi connectivity index (χ2n) is 5.14. The zero-order chi connectivity index (χ0) is 13.7. The van der Waals surface area contributed by atoms with Crippen molar-refractivity contribution in [1.29, 1.82) is 0 Å². The van der Waals surface area contributed by atoms with Crippen LogP contribution in [0.3, 0.4) is 0 Å². The van der Waals surface area contributed by atoms with Crippen LogP contribution in [-0.4, -0.2) is 19.2 Å². The van der Waals surface area contributed by atoms with E-state index in [1.807, 2.05) is 0 Å². The highest BCUT2D eigenvalue weighted by molar-refractivity contribution is 5.86. The third kappa shape index (κ3) is 3.72. The zero-order valence-electron chi connectivity index (χ0n) is 11.7. The van der Waals surface area contributed by atoms with E-state index in [0.29, 0.717) is 18.8 Å². The average Bonchev–Trinajstić information content (AvgIpc) is 3.04. The molecule has 2 aliphatic rings. The minimum absolute atomic E-state index is 0.293. The number of rotatable bonds is 6. The second kappa shape index (κ2) is 6.60. The summed E-state index contributed by atoms with van der Waals surface area (Å²) in [5.41, 5.74) is 3.31. The Morgan fingerprint density at radius 1 is 1.26 bits per heavy atom. The van der Waals surface area contributed by atoms with Gasteiger partial charge in [0.1, 0.15) is 13.2 Å². The molecule has 0 spiro atoms. The molecule has 104 valence electrons. The maximum atomic E-state index is 11.2. The molecule has 19 heavy (non-hydrogen) atoms. The first-order chi connectivity index (χ1) is 9.18. The first kappa shape index (κ1) is 13.9. The van der Waals surface area contributed by atoms with Crippen LogP contribution in [0.15, 0.2) is 35.1 Å². The standard InChI is InChI=1S/C16H22O3/c1-12(2)16(17)19-11-10-18-15-9-5-8-14(15)13-6-3-4-7-13/h6H,1,3-5,7-11H2,2H3. The number of esters is 1. The van der Waals surface area contributed by atoms with E-state index < -0.39 is 0 Å². The van der Waals surface area contributed by atoms with Crippen molar-refractivity contribution >= 4 is 5.97 Å². The molecule has 0 saturated carbocycles. The largest absolute Gasteiger partial charge is 0.494 e. The minimum atomic E-state index is -0.345. The molecule has 2 rings (SSSR count). The Labute approximate surface area is 115 Å². The Balaban J connectivity index is 1.79. The Kier molecular flexibility index (Phi) is 4.83. The summed E-state index contributed by atoms with van der Waals surface area (Å²) in [6.07, 6.45) is 9.31. The summed E-state index contributed by atoms with van der Waals surface area (Å²) < 4.78 is 10.8. The Hall–Kier alpha value is -1.51. The lowest BCUT2D eigenvalue weighted by Crippen LogP contribution is -2.11. The SMILES string of the molecule is C=C(C)C(=O)OCCOC1=C(C2=CCCC2)CCC1. The van der Waals surface area contributed by atoms with E-state index in [2.05, 4.69) is 12.7 Å². The van der Waals surface area contributed by atoms with Crippen molar-refractivity contribution in [2.75, 3.05) is 13.2 Å². The first-order valence-electron chi connectivity index (χ1n) is 7.05. The van der Waals surface area contributed by atoms with Crippen molar-refractivity contribution < 1.29 is 14.3 Å². The molecule has 0 amide bonds. The maximum Gasteiger partial charge on any atom is 0.333 e. The van der Waals surface area contributed by atoms with E-state index in [1.54, 1.807) is 6.92 Å². The van der Waals surface area contributed by atoms with Crippen molar-refractivity contribution in [3.63, 3.8) is 0 Å². The highest BCUT2D eigenvalue weighted by Crippen LogP contribution is 2.36. The number of carbonyl (C=O) groups is 1.